The molecule has 0 fully saturated rings. The largest absolute Gasteiger partial charge is 0.492 e. The standard InChI is InChI=1S/C24H30FNO2/c1-5-6-7-8-19-9-14-22(23(25)17-19)20-10-12-21(13-11-20)28-16-15-26(4)24(27)18(2)3/h9-14,17H,2,5-8,15-16H2,1,3-4H3. The summed E-state index contributed by atoms with van der Waals surface area (Å²) in [7, 11) is 1.72. The molecule has 0 aromatic heterocycles. The second-order valence-electron chi connectivity index (χ2n) is 7.15. The van der Waals surface area contributed by atoms with E-state index in [4.69, 9.17) is 4.74 Å². The summed E-state index contributed by atoms with van der Waals surface area (Å²) in [6, 6.07) is 12.9. The average molecular weight is 384 g/mol. The molecule has 0 aliphatic rings. The number of carbonyl (C=O) groups excluding carboxylic acids is 1. The van der Waals surface area contributed by atoms with Gasteiger partial charge in [-0.15, -0.1) is 0 Å². The molecule has 0 unspecified atom stereocenters. The normalized spacial score (nSPS) is 10.6. The Bertz CT molecular complexity index is 799. The SMILES string of the molecule is C=C(C)C(=O)N(C)CCOc1ccc(-c2ccc(CCCCC)cc2F)cc1. The Hall–Kier alpha value is -2.62. The molecule has 4 heteroatoms. The van der Waals surface area contributed by atoms with E-state index in [9.17, 15) is 9.18 Å². The van der Waals surface area contributed by atoms with E-state index in [1.807, 2.05) is 36.4 Å². The molecular weight excluding hydrogens is 353 g/mol. The Morgan fingerprint density at radius 1 is 1.14 bits per heavy atom. The molecule has 0 heterocycles. The molecule has 28 heavy (non-hydrogen) atoms. The maximum atomic E-state index is 14.5. The third kappa shape index (κ3) is 6.22. The zero-order chi connectivity index (χ0) is 20.5. The first-order valence-corrected chi connectivity index (χ1v) is 9.85. The first kappa shape index (κ1) is 21.7. The molecule has 150 valence electrons. The summed E-state index contributed by atoms with van der Waals surface area (Å²) in [6.45, 7) is 8.36. The molecule has 0 spiro atoms. The van der Waals surface area contributed by atoms with Gasteiger partial charge in [-0.05, 0) is 49.1 Å². The lowest BCUT2D eigenvalue weighted by atomic mass is 10.0. The van der Waals surface area contributed by atoms with Gasteiger partial charge in [0, 0.05) is 18.2 Å². The number of ether oxygens (including phenoxy) is 1. The second-order valence-corrected chi connectivity index (χ2v) is 7.15. The van der Waals surface area contributed by atoms with E-state index < -0.39 is 0 Å². The monoisotopic (exact) mass is 383 g/mol. The number of hydrogen-bond donors (Lipinski definition) is 0. The topological polar surface area (TPSA) is 29.5 Å². The summed E-state index contributed by atoms with van der Waals surface area (Å²) >= 11 is 0. The first-order valence-electron chi connectivity index (χ1n) is 9.85. The highest BCUT2D eigenvalue weighted by atomic mass is 19.1. The average Bonchev–Trinajstić information content (AvgIpc) is 2.68. The molecule has 0 bridgehead atoms. The number of hydrogen-bond acceptors (Lipinski definition) is 2. The van der Waals surface area contributed by atoms with Crippen LogP contribution in [0.15, 0.2) is 54.6 Å². The van der Waals surface area contributed by atoms with E-state index in [1.165, 1.54) is 6.42 Å². The summed E-state index contributed by atoms with van der Waals surface area (Å²) in [4.78, 5) is 13.3. The first-order chi connectivity index (χ1) is 13.4. The lowest BCUT2D eigenvalue weighted by Crippen LogP contribution is -2.31. The van der Waals surface area contributed by atoms with Gasteiger partial charge in [0.25, 0.3) is 0 Å². The zero-order valence-electron chi connectivity index (χ0n) is 17.1. The quantitative estimate of drug-likeness (QED) is 0.392. The van der Waals surface area contributed by atoms with Crippen molar-refractivity contribution in [1.29, 1.82) is 0 Å². The number of unbranched alkanes of at least 4 members (excludes halogenated alkanes) is 2. The number of amides is 1. The minimum atomic E-state index is -0.192. The highest BCUT2D eigenvalue weighted by Gasteiger charge is 2.09. The van der Waals surface area contributed by atoms with Crippen molar-refractivity contribution >= 4 is 5.91 Å². The number of halogens is 1. The van der Waals surface area contributed by atoms with E-state index >= 15 is 0 Å². The van der Waals surface area contributed by atoms with Gasteiger partial charge in [0.2, 0.25) is 5.91 Å². The second kappa shape index (κ2) is 10.6. The lowest BCUT2D eigenvalue weighted by molar-refractivity contribution is -0.126. The van der Waals surface area contributed by atoms with Crippen molar-refractivity contribution in [3.63, 3.8) is 0 Å². The number of nitrogens with zero attached hydrogens (tertiary/aromatic N) is 1. The van der Waals surface area contributed by atoms with Crippen molar-refractivity contribution in [3.05, 3.63) is 66.0 Å². The minimum absolute atomic E-state index is 0.0902. The number of likely N-dealkylation sites (N-methyl/N-ethyl adjacent to an activating group) is 1. The summed E-state index contributed by atoms with van der Waals surface area (Å²) in [5, 5.41) is 0. The van der Waals surface area contributed by atoms with Crippen LogP contribution < -0.4 is 4.74 Å². The molecule has 0 saturated carbocycles. The van der Waals surface area contributed by atoms with Gasteiger partial charge in [-0.3, -0.25) is 4.79 Å². The highest BCUT2D eigenvalue weighted by Crippen LogP contribution is 2.26. The molecule has 0 N–H and O–H groups in total. The molecule has 0 saturated heterocycles. The number of benzene rings is 2. The molecule has 2 rings (SSSR count). The van der Waals surface area contributed by atoms with E-state index in [0.717, 1.165) is 30.4 Å². The summed E-state index contributed by atoms with van der Waals surface area (Å²) in [5.41, 5.74) is 2.96. The van der Waals surface area contributed by atoms with Gasteiger partial charge < -0.3 is 9.64 Å². The van der Waals surface area contributed by atoms with Crippen LogP contribution in [0.2, 0.25) is 0 Å². The molecule has 0 radical (unpaired) electrons. The van der Waals surface area contributed by atoms with Crippen LogP contribution in [-0.2, 0) is 11.2 Å². The van der Waals surface area contributed by atoms with Gasteiger partial charge in [0.15, 0.2) is 0 Å². The molecule has 0 aliphatic heterocycles. The minimum Gasteiger partial charge on any atom is -0.492 e. The Morgan fingerprint density at radius 3 is 2.46 bits per heavy atom. The van der Waals surface area contributed by atoms with E-state index in [1.54, 1.807) is 24.9 Å². The Kier molecular flexibility index (Phi) is 8.24. The molecule has 2 aromatic rings. The van der Waals surface area contributed by atoms with Crippen LogP contribution in [0.4, 0.5) is 4.39 Å². The molecule has 0 atom stereocenters. The number of aryl methyl sites for hydroxylation is 1. The number of rotatable bonds is 10. The third-order valence-corrected chi connectivity index (χ3v) is 4.68. The maximum Gasteiger partial charge on any atom is 0.248 e. The van der Waals surface area contributed by atoms with Crippen molar-refractivity contribution in [2.45, 2.75) is 39.5 Å². The summed E-state index contributed by atoms with van der Waals surface area (Å²) < 4.78 is 20.2. The van der Waals surface area contributed by atoms with Crippen LogP contribution in [0.25, 0.3) is 11.1 Å². The van der Waals surface area contributed by atoms with Gasteiger partial charge in [-0.1, -0.05) is 50.6 Å². The van der Waals surface area contributed by atoms with Gasteiger partial charge in [-0.25, -0.2) is 4.39 Å². The van der Waals surface area contributed by atoms with E-state index in [0.29, 0.717) is 30.0 Å². The predicted octanol–water partition coefficient (Wildman–Crippen LogP) is 5.64. The van der Waals surface area contributed by atoms with Crippen molar-refractivity contribution in [3.8, 4) is 16.9 Å². The van der Waals surface area contributed by atoms with Crippen LogP contribution in [0.1, 0.15) is 38.7 Å². The predicted molar refractivity (Wildman–Crippen MR) is 113 cm³/mol. The van der Waals surface area contributed by atoms with Crippen molar-refractivity contribution in [2.24, 2.45) is 0 Å². The fourth-order valence-corrected chi connectivity index (χ4v) is 2.99. The van der Waals surface area contributed by atoms with Crippen molar-refractivity contribution < 1.29 is 13.9 Å². The van der Waals surface area contributed by atoms with E-state index in [2.05, 4.69) is 13.5 Å². The van der Waals surface area contributed by atoms with Crippen LogP contribution in [0, 0.1) is 5.82 Å². The van der Waals surface area contributed by atoms with Crippen LogP contribution in [0.5, 0.6) is 5.75 Å². The van der Waals surface area contributed by atoms with Gasteiger partial charge in [-0.2, -0.15) is 0 Å². The fraction of sp³-hybridized carbons (Fsp3) is 0.375. The Balaban J connectivity index is 1.93. The van der Waals surface area contributed by atoms with Gasteiger partial charge >= 0.3 is 0 Å². The van der Waals surface area contributed by atoms with Crippen LogP contribution >= 0.6 is 0 Å². The van der Waals surface area contributed by atoms with E-state index in [-0.39, 0.29) is 11.7 Å². The van der Waals surface area contributed by atoms with Crippen LogP contribution in [0.3, 0.4) is 0 Å². The van der Waals surface area contributed by atoms with Gasteiger partial charge in [0.1, 0.15) is 18.2 Å². The van der Waals surface area contributed by atoms with Gasteiger partial charge in [0.05, 0.1) is 6.54 Å². The van der Waals surface area contributed by atoms with Crippen molar-refractivity contribution in [1.82, 2.24) is 4.90 Å². The summed E-state index contributed by atoms with van der Waals surface area (Å²) in [6.07, 6.45) is 4.34. The molecule has 3 nitrogen and oxygen atoms in total. The lowest BCUT2D eigenvalue weighted by Gasteiger charge is -2.17. The fourth-order valence-electron chi connectivity index (χ4n) is 2.99. The highest BCUT2D eigenvalue weighted by molar-refractivity contribution is 5.91. The van der Waals surface area contributed by atoms with Crippen LogP contribution in [-0.4, -0.2) is 31.0 Å². The third-order valence-electron chi connectivity index (χ3n) is 4.68. The Morgan fingerprint density at radius 2 is 1.86 bits per heavy atom. The van der Waals surface area contributed by atoms with Crippen molar-refractivity contribution in [2.75, 3.05) is 20.2 Å². The summed E-state index contributed by atoms with van der Waals surface area (Å²) in [5.74, 6) is 0.409. The molecular formula is C24H30FNO2. The Labute approximate surface area is 167 Å². The maximum absolute atomic E-state index is 14.5. The molecule has 1 amide bonds. The zero-order valence-corrected chi connectivity index (χ0v) is 17.1. The molecule has 2 aromatic carbocycles. The smallest absolute Gasteiger partial charge is 0.248 e. The number of carbonyl (C=O) groups is 1. The molecule has 0 aliphatic carbocycles.